The Balaban J connectivity index is 0.00000353. The molecule has 1 N–H and O–H groups in total. The summed E-state index contributed by atoms with van der Waals surface area (Å²) in [6.45, 7) is 9.39. The second kappa shape index (κ2) is 12.1. The lowest BCUT2D eigenvalue weighted by Crippen LogP contribution is -2.31. The summed E-state index contributed by atoms with van der Waals surface area (Å²) in [6, 6.07) is 14.1. The van der Waals surface area contributed by atoms with Gasteiger partial charge >= 0.3 is 0 Å². The van der Waals surface area contributed by atoms with E-state index in [1.807, 2.05) is 18.2 Å². The van der Waals surface area contributed by atoms with Crippen molar-refractivity contribution in [2.45, 2.75) is 17.9 Å². The molecule has 2 aromatic heterocycles. The van der Waals surface area contributed by atoms with Crippen LogP contribution in [-0.2, 0) is 23.0 Å². The van der Waals surface area contributed by atoms with Crippen LogP contribution < -0.4 is 5.32 Å². The van der Waals surface area contributed by atoms with Crippen LogP contribution in [0, 0.1) is 0 Å². The molecule has 0 saturated heterocycles. The van der Waals surface area contributed by atoms with Gasteiger partial charge in [0.1, 0.15) is 10.0 Å². The van der Waals surface area contributed by atoms with E-state index in [4.69, 9.17) is 4.98 Å². The first-order valence-corrected chi connectivity index (χ1v) is 15.2. The van der Waals surface area contributed by atoms with Gasteiger partial charge in [0.05, 0.1) is 15.1 Å². The molecule has 1 aliphatic heterocycles. The molecular formula is C28H29ClN4O3S3. The second-order valence-electron chi connectivity index (χ2n) is 9.06. The van der Waals surface area contributed by atoms with E-state index >= 15 is 0 Å². The van der Waals surface area contributed by atoms with Crippen LogP contribution in [0.3, 0.4) is 0 Å². The summed E-state index contributed by atoms with van der Waals surface area (Å²) in [7, 11) is -1.64. The summed E-state index contributed by atoms with van der Waals surface area (Å²) < 4.78 is 28.4. The maximum atomic E-state index is 13.3. The molecule has 0 spiro atoms. The third kappa shape index (κ3) is 5.86. The molecule has 0 radical (unpaired) electrons. The van der Waals surface area contributed by atoms with Gasteiger partial charge in [-0.15, -0.1) is 48.2 Å². The van der Waals surface area contributed by atoms with Crippen LogP contribution in [0.15, 0.2) is 78.7 Å². The predicted octanol–water partition coefficient (Wildman–Crippen LogP) is 6.05. The topological polar surface area (TPSA) is 82.6 Å². The minimum Gasteiger partial charge on any atom is -0.313 e. The highest BCUT2D eigenvalue weighted by atomic mass is 35.5. The number of carbonyl (C=O) groups excluding carboxylic acids is 1. The number of fused-ring (bicyclic) bond motifs is 2. The van der Waals surface area contributed by atoms with E-state index in [1.165, 1.54) is 39.0 Å². The van der Waals surface area contributed by atoms with Gasteiger partial charge in [0, 0.05) is 42.2 Å². The van der Waals surface area contributed by atoms with E-state index in [9.17, 15) is 13.2 Å². The monoisotopic (exact) mass is 600 g/mol. The average Bonchev–Trinajstić information content (AvgIpc) is 3.48. The Bertz CT molecular complexity index is 1580. The van der Waals surface area contributed by atoms with Gasteiger partial charge in [-0.2, -0.15) is 4.31 Å². The normalized spacial score (nSPS) is 13.6. The number of sulfonamides is 1. The highest BCUT2D eigenvalue weighted by Crippen LogP contribution is 2.45. The number of likely N-dealkylation sites (N-methyl/N-ethyl adjacent to an activating group) is 1. The second-order valence-corrected chi connectivity index (χ2v) is 13.1. The number of para-hydroxylation sites is 1. The maximum absolute atomic E-state index is 13.3. The van der Waals surface area contributed by atoms with Gasteiger partial charge in [0.15, 0.2) is 0 Å². The lowest BCUT2D eigenvalue weighted by atomic mass is 10.0. The predicted molar refractivity (Wildman–Crippen MR) is 164 cm³/mol. The minimum atomic E-state index is -3.74. The number of anilines is 1. The van der Waals surface area contributed by atoms with Gasteiger partial charge in [0.25, 0.3) is 5.91 Å². The number of amides is 1. The summed E-state index contributed by atoms with van der Waals surface area (Å²) in [5.74, 6) is -0.294. The Morgan fingerprint density at radius 2 is 1.79 bits per heavy atom. The summed E-state index contributed by atoms with van der Waals surface area (Å²) in [4.78, 5) is 21.8. The minimum absolute atomic E-state index is 0. The van der Waals surface area contributed by atoms with Crippen molar-refractivity contribution in [2.24, 2.45) is 0 Å². The van der Waals surface area contributed by atoms with Crippen LogP contribution in [0.4, 0.5) is 5.00 Å². The van der Waals surface area contributed by atoms with Gasteiger partial charge in [-0.3, -0.25) is 4.79 Å². The number of hydrogen-bond acceptors (Lipinski definition) is 7. The van der Waals surface area contributed by atoms with E-state index in [0.717, 1.165) is 45.3 Å². The smallest absolute Gasteiger partial charge is 0.256 e. The summed E-state index contributed by atoms with van der Waals surface area (Å²) in [5, 5.41) is 4.77. The van der Waals surface area contributed by atoms with Crippen LogP contribution in [-0.4, -0.2) is 55.2 Å². The largest absolute Gasteiger partial charge is 0.313 e. The number of thiophene rings is 1. The fourth-order valence-corrected chi connectivity index (χ4v) is 8.30. The Morgan fingerprint density at radius 3 is 2.46 bits per heavy atom. The fourth-order valence-electron chi connectivity index (χ4n) is 4.49. The first kappa shape index (κ1) is 29.1. The van der Waals surface area contributed by atoms with E-state index in [2.05, 4.69) is 36.5 Å². The molecule has 39 heavy (non-hydrogen) atoms. The van der Waals surface area contributed by atoms with Crippen molar-refractivity contribution in [3.05, 3.63) is 89.8 Å². The molecule has 1 amide bonds. The number of halogens is 1. The molecule has 3 heterocycles. The average molecular weight is 601 g/mol. The quantitative estimate of drug-likeness (QED) is 0.237. The number of nitrogens with one attached hydrogen (secondary N) is 1. The Labute approximate surface area is 243 Å². The van der Waals surface area contributed by atoms with Crippen LogP contribution in [0.25, 0.3) is 20.8 Å². The molecule has 0 unspecified atom stereocenters. The Morgan fingerprint density at radius 1 is 1.10 bits per heavy atom. The van der Waals surface area contributed by atoms with Crippen molar-refractivity contribution >= 4 is 66.2 Å². The summed E-state index contributed by atoms with van der Waals surface area (Å²) in [6.07, 6.45) is 3.95. The molecule has 0 fully saturated rings. The zero-order valence-electron chi connectivity index (χ0n) is 21.4. The fraction of sp³-hybridized carbons (Fsp3) is 0.214. The van der Waals surface area contributed by atoms with E-state index in [1.54, 1.807) is 34.8 Å². The van der Waals surface area contributed by atoms with E-state index in [-0.39, 0.29) is 36.3 Å². The molecule has 0 bridgehead atoms. The molecule has 0 aliphatic carbocycles. The molecule has 2 aromatic carbocycles. The highest BCUT2D eigenvalue weighted by Gasteiger charge is 2.27. The van der Waals surface area contributed by atoms with Gasteiger partial charge in [0.2, 0.25) is 10.0 Å². The molecule has 0 saturated carbocycles. The number of nitrogens with zero attached hydrogens (tertiary/aromatic N) is 3. The third-order valence-electron chi connectivity index (χ3n) is 6.40. The number of thiazole rings is 1. The number of rotatable bonds is 9. The molecule has 0 atom stereocenters. The van der Waals surface area contributed by atoms with Gasteiger partial charge in [-0.25, -0.2) is 13.4 Å². The molecule has 11 heteroatoms. The van der Waals surface area contributed by atoms with Crippen LogP contribution >= 0.6 is 35.1 Å². The van der Waals surface area contributed by atoms with Crippen molar-refractivity contribution in [3.63, 3.8) is 0 Å². The lowest BCUT2D eigenvalue weighted by Gasteiger charge is -2.22. The van der Waals surface area contributed by atoms with Gasteiger partial charge < -0.3 is 10.2 Å². The maximum Gasteiger partial charge on any atom is 0.256 e. The Hall–Kier alpha value is -2.86. The van der Waals surface area contributed by atoms with Crippen LogP contribution in [0.1, 0.15) is 20.8 Å². The van der Waals surface area contributed by atoms with Crippen LogP contribution in [0.5, 0.6) is 0 Å². The van der Waals surface area contributed by atoms with Gasteiger partial charge in [-0.1, -0.05) is 24.3 Å². The van der Waals surface area contributed by atoms with Crippen molar-refractivity contribution in [1.82, 2.24) is 14.2 Å². The lowest BCUT2D eigenvalue weighted by molar-refractivity contribution is 0.102. The molecule has 7 nitrogen and oxygen atoms in total. The molecule has 1 aliphatic rings. The zero-order valence-corrected chi connectivity index (χ0v) is 24.7. The summed E-state index contributed by atoms with van der Waals surface area (Å²) in [5.41, 5.74) is 3.56. The van der Waals surface area contributed by atoms with Crippen molar-refractivity contribution < 1.29 is 13.2 Å². The number of hydrogen-bond donors (Lipinski definition) is 1. The molecular weight excluding hydrogens is 572 g/mol. The first-order chi connectivity index (χ1) is 18.3. The standard InChI is InChI=1S/C28H28N4O3S3.ClH/c1-4-15-32(16-5-2)38(34,35)20-12-10-19(11-13-20)26(33)30-28-25(21-14-17-31(3)18-24(21)37-28)27-29-22-8-6-7-9-23(22)36-27;/h4-13H,1-2,14-18H2,3H3,(H,30,33);1H. The zero-order chi connectivity index (χ0) is 26.9. The van der Waals surface area contributed by atoms with Crippen molar-refractivity contribution in [1.29, 1.82) is 0 Å². The van der Waals surface area contributed by atoms with Crippen LogP contribution in [0.2, 0.25) is 0 Å². The molecule has 204 valence electrons. The first-order valence-electron chi connectivity index (χ1n) is 12.1. The van der Waals surface area contributed by atoms with E-state index < -0.39 is 10.0 Å². The molecule has 5 rings (SSSR count). The van der Waals surface area contributed by atoms with Crippen molar-refractivity contribution in [3.8, 4) is 10.6 Å². The summed E-state index contributed by atoms with van der Waals surface area (Å²) >= 11 is 3.21. The van der Waals surface area contributed by atoms with E-state index in [0.29, 0.717) is 5.56 Å². The molecule has 4 aromatic rings. The van der Waals surface area contributed by atoms with Gasteiger partial charge in [-0.05, 0) is 55.4 Å². The SMILES string of the molecule is C=CCN(CC=C)S(=O)(=O)c1ccc(C(=O)Nc2sc3c(c2-c2nc4ccccc4s2)CCN(C)C3)cc1.Cl. The Kier molecular flexibility index (Phi) is 9.05. The third-order valence-corrected chi connectivity index (χ3v) is 10.4. The highest BCUT2D eigenvalue weighted by molar-refractivity contribution is 7.89. The van der Waals surface area contributed by atoms with Crippen molar-refractivity contribution in [2.75, 3.05) is 32.0 Å². The number of aromatic nitrogens is 1. The number of benzene rings is 2. The number of carbonyl (C=O) groups is 1.